The molecular formula is C26H23Cl2NO2. The molecule has 0 heterocycles. The van der Waals surface area contributed by atoms with Crippen LogP contribution >= 0.6 is 23.2 Å². The third-order valence-corrected chi connectivity index (χ3v) is 6.10. The molecule has 0 saturated heterocycles. The van der Waals surface area contributed by atoms with E-state index in [9.17, 15) is 4.79 Å². The Balaban J connectivity index is 1.27. The zero-order valence-corrected chi connectivity index (χ0v) is 18.5. The number of hydrogen-bond donors (Lipinski definition) is 1. The molecule has 0 spiro atoms. The second kappa shape index (κ2) is 10.0. The maximum atomic E-state index is 12.2. The number of alkyl halides is 1. The van der Waals surface area contributed by atoms with Crippen LogP contribution in [0.4, 0.5) is 4.79 Å². The molecule has 3 aromatic rings. The van der Waals surface area contributed by atoms with Gasteiger partial charge < -0.3 is 10.1 Å². The summed E-state index contributed by atoms with van der Waals surface area (Å²) in [5.41, 5.74) is 6.79. The van der Waals surface area contributed by atoms with Gasteiger partial charge in [0.2, 0.25) is 0 Å². The molecule has 5 heteroatoms. The molecule has 3 nitrogen and oxygen atoms in total. The van der Waals surface area contributed by atoms with Crippen molar-refractivity contribution in [3.63, 3.8) is 0 Å². The van der Waals surface area contributed by atoms with Crippen molar-refractivity contribution in [2.24, 2.45) is 0 Å². The first-order valence-electron chi connectivity index (χ1n) is 10.3. The summed E-state index contributed by atoms with van der Waals surface area (Å²) < 4.78 is 5.54. The molecule has 0 aliphatic heterocycles. The lowest BCUT2D eigenvalue weighted by Gasteiger charge is -2.14. The lowest BCUT2D eigenvalue weighted by atomic mass is 9.98. The second-order valence-corrected chi connectivity index (χ2v) is 8.10. The number of alkyl carbamates (subject to hydrolysis) is 1. The highest BCUT2D eigenvalue weighted by atomic mass is 35.5. The Morgan fingerprint density at radius 2 is 1.68 bits per heavy atom. The molecule has 0 fully saturated rings. The lowest BCUT2D eigenvalue weighted by Crippen LogP contribution is -2.26. The minimum atomic E-state index is -0.397. The van der Waals surface area contributed by atoms with Crippen LogP contribution in [0.5, 0.6) is 0 Å². The number of amides is 1. The number of fused-ring (bicyclic) bond motifs is 3. The number of hydrogen-bond acceptors (Lipinski definition) is 2. The van der Waals surface area contributed by atoms with Crippen LogP contribution in [0.3, 0.4) is 0 Å². The Morgan fingerprint density at radius 1 is 1.00 bits per heavy atom. The number of carbonyl (C=O) groups excluding carboxylic acids is 1. The minimum Gasteiger partial charge on any atom is -0.449 e. The molecule has 4 rings (SSSR count). The van der Waals surface area contributed by atoms with E-state index >= 15 is 0 Å². The summed E-state index contributed by atoms with van der Waals surface area (Å²) in [6.07, 6.45) is 4.30. The molecule has 1 aliphatic rings. The van der Waals surface area contributed by atoms with Gasteiger partial charge in [0.15, 0.2) is 0 Å². The number of ether oxygens (including phenoxy) is 1. The lowest BCUT2D eigenvalue weighted by molar-refractivity contribution is 0.143. The van der Waals surface area contributed by atoms with Gasteiger partial charge >= 0.3 is 6.09 Å². The molecule has 0 unspecified atom stereocenters. The van der Waals surface area contributed by atoms with E-state index in [2.05, 4.69) is 29.6 Å². The van der Waals surface area contributed by atoms with Gasteiger partial charge in [-0.15, -0.1) is 11.6 Å². The fourth-order valence-corrected chi connectivity index (χ4v) is 4.40. The van der Waals surface area contributed by atoms with Crippen LogP contribution in [-0.2, 0) is 10.6 Å². The Bertz CT molecular complexity index is 1060. The first-order valence-corrected chi connectivity index (χ1v) is 11.2. The van der Waals surface area contributed by atoms with Gasteiger partial charge in [0.1, 0.15) is 6.61 Å². The summed E-state index contributed by atoms with van der Waals surface area (Å²) >= 11 is 12.0. The fraction of sp³-hybridized carbons (Fsp3) is 0.192. The average Bonchev–Trinajstić information content (AvgIpc) is 3.12. The van der Waals surface area contributed by atoms with Crippen LogP contribution < -0.4 is 5.32 Å². The summed E-state index contributed by atoms with van der Waals surface area (Å²) in [7, 11) is 0. The van der Waals surface area contributed by atoms with Gasteiger partial charge in [-0.05, 0) is 51.9 Å². The molecule has 0 radical (unpaired) electrons. The normalized spacial score (nSPS) is 12.6. The Labute approximate surface area is 192 Å². The molecule has 3 aromatic carbocycles. The summed E-state index contributed by atoms with van der Waals surface area (Å²) in [4.78, 5) is 12.2. The van der Waals surface area contributed by atoms with Crippen LogP contribution in [-0.4, -0.2) is 19.2 Å². The first-order chi connectivity index (χ1) is 15.2. The van der Waals surface area contributed by atoms with E-state index in [-0.39, 0.29) is 5.92 Å². The standard InChI is InChI=1S/C26H23Cl2NO2/c27-16-19-15-18(12-13-25(19)28)7-5-6-14-29-26(30)31-17-24-22-10-3-1-8-20(22)21-9-2-4-11-23(21)24/h1-5,7-13,15,24H,6,14,16-17H2,(H,29,30). The molecule has 0 atom stereocenters. The topological polar surface area (TPSA) is 38.3 Å². The van der Waals surface area contributed by atoms with Gasteiger partial charge in [-0.3, -0.25) is 0 Å². The molecule has 0 saturated carbocycles. The zero-order valence-electron chi connectivity index (χ0n) is 17.0. The highest BCUT2D eigenvalue weighted by Gasteiger charge is 2.28. The summed E-state index contributed by atoms with van der Waals surface area (Å²) in [6.45, 7) is 0.824. The van der Waals surface area contributed by atoms with Gasteiger partial charge in [0, 0.05) is 23.4 Å². The van der Waals surface area contributed by atoms with Gasteiger partial charge in [0.05, 0.1) is 0 Å². The molecule has 31 heavy (non-hydrogen) atoms. The number of nitrogens with one attached hydrogen (secondary N) is 1. The van der Waals surface area contributed by atoms with E-state index in [1.54, 1.807) is 0 Å². The van der Waals surface area contributed by atoms with Gasteiger partial charge in [-0.25, -0.2) is 4.79 Å². The van der Waals surface area contributed by atoms with E-state index in [1.165, 1.54) is 22.3 Å². The van der Waals surface area contributed by atoms with Crippen LogP contribution in [0.1, 0.15) is 34.6 Å². The number of carbonyl (C=O) groups is 1. The predicted octanol–water partition coefficient (Wildman–Crippen LogP) is 7.02. The van der Waals surface area contributed by atoms with Gasteiger partial charge in [-0.2, -0.15) is 0 Å². The van der Waals surface area contributed by atoms with Crippen LogP contribution in [0.25, 0.3) is 17.2 Å². The largest absolute Gasteiger partial charge is 0.449 e. The smallest absolute Gasteiger partial charge is 0.407 e. The zero-order chi connectivity index (χ0) is 21.6. The van der Waals surface area contributed by atoms with Crippen LogP contribution in [0, 0.1) is 0 Å². The molecule has 158 valence electrons. The third kappa shape index (κ3) is 4.95. The molecular weight excluding hydrogens is 429 g/mol. The highest BCUT2D eigenvalue weighted by Crippen LogP contribution is 2.44. The molecule has 1 aliphatic carbocycles. The molecule has 1 N–H and O–H groups in total. The Morgan fingerprint density at radius 3 is 2.35 bits per heavy atom. The van der Waals surface area contributed by atoms with E-state index in [0.717, 1.165) is 11.1 Å². The van der Waals surface area contributed by atoms with E-state index in [0.29, 0.717) is 30.5 Å². The van der Waals surface area contributed by atoms with E-state index in [4.69, 9.17) is 27.9 Å². The van der Waals surface area contributed by atoms with Crippen molar-refractivity contribution in [2.45, 2.75) is 18.2 Å². The molecule has 0 bridgehead atoms. The quantitative estimate of drug-likeness (QED) is 0.309. The van der Waals surface area contributed by atoms with Crippen molar-refractivity contribution in [1.82, 2.24) is 5.32 Å². The summed E-state index contributed by atoms with van der Waals surface area (Å²) in [5, 5.41) is 3.49. The van der Waals surface area contributed by atoms with Crippen molar-refractivity contribution in [3.8, 4) is 11.1 Å². The number of halogens is 2. The molecule has 0 aromatic heterocycles. The Kier molecular flexibility index (Phi) is 6.96. The Hall–Kier alpha value is -2.75. The summed E-state index contributed by atoms with van der Waals surface area (Å²) in [6, 6.07) is 22.3. The van der Waals surface area contributed by atoms with E-state index in [1.807, 2.05) is 54.6 Å². The van der Waals surface area contributed by atoms with Gasteiger partial charge in [0.25, 0.3) is 0 Å². The number of rotatable bonds is 7. The van der Waals surface area contributed by atoms with Crippen molar-refractivity contribution in [2.75, 3.05) is 13.2 Å². The maximum Gasteiger partial charge on any atom is 0.407 e. The number of benzene rings is 3. The molecule has 1 amide bonds. The van der Waals surface area contributed by atoms with Crippen LogP contribution in [0.2, 0.25) is 5.02 Å². The second-order valence-electron chi connectivity index (χ2n) is 7.43. The first kappa shape index (κ1) is 21.5. The SMILES string of the molecule is O=C(NCCC=Cc1ccc(Cl)c(CCl)c1)OCC1c2ccccc2-c2ccccc21. The predicted molar refractivity (Wildman–Crippen MR) is 128 cm³/mol. The highest BCUT2D eigenvalue weighted by molar-refractivity contribution is 6.32. The van der Waals surface area contributed by atoms with Crippen molar-refractivity contribution in [1.29, 1.82) is 0 Å². The summed E-state index contributed by atoms with van der Waals surface area (Å²) in [5.74, 6) is 0.447. The third-order valence-electron chi connectivity index (χ3n) is 5.45. The van der Waals surface area contributed by atoms with Crippen LogP contribution in [0.15, 0.2) is 72.8 Å². The maximum absolute atomic E-state index is 12.2. The van der Waals surface area contributed by atoms with Crippen molar-refractivity contribution >= 4 is 35.4 Å². The van der Waals surface area contributed by atoms with Crippen molar-refractivity contribution < 1.29 is 9.53 Å². The average molecular weight is 452 g/mol. The van der Waals surface area contributed by atoms with Crippen molar-refractivity contribution in [3.05, 3.63) is 100 Å². The van der Waals surface area contributed by atoms with E-state index < -0.39 is 6.09 Å². The monoisotopic (exact) mass is 451 g/mol. The van der Waals surface area contributed by atoms with Gasteiger partial charge in [-0.1, -0.05) is 78.4 Å². The fourth-order valence-electron chi connectivity index (χ4n) is 3.93. The minimum absolute atomic E-state index is 0.0686.